The van der Waals surface area contributed by atoms with Crippen LogP contribution < -0.4 is 18.9 Å². The minimum absolute atomic E-state index is 0.0974. The van der Waals surface area contributed by atoms with Crippen LogP contribution in [0.25, 0.3) is 0 Å². The molecule has 0 radical (unpaired) electrons. The lowest BCUT2D eigenvalue weighted by molar-refractivity contribution is 0.123. The molecule has 1 unspecified atom stereocenters. The van der Waals surface area contributed by atoms with Gasteiger partial charge in [0.05, 0.1) is 27.9 Å². The molecular weight excluding hydrogens is 386 g/mol. The van der Waals surface area contributed by atoms with Gasteiger partial charge < -0.3 is 18.9 Å². The van der Waals surface area contributed by atoms with Gasteiger partial charge >= 0.3 is 6.01 Å². The molecule has 1 atom stereocenters. The Balaban J connectivity index is 1.79. The number of rotatable bonds is 7. The third kappa shape index (κ3) is 4.28. The molecule has 1 aliphatic heterocycles. The molecule has 28 heavy (non-hydrogen) atoms. The summed E-state index contributed by atoms with van der Waals surface area (Å²) in [6, 6.07) is 6.45. The zero-order valence-electron chi connectivity index (χ0n) is 16.0. The summed E-state index contributed by atoms with van der Waals surface area (Å²) in [6.07, 6.45) is 2.59. The maximum absolute atomic E-state index is 13.2. The number of ether oxygens (including phenoxy) is 4. The van der Waals surface area contributed by atoms with Crippen molar-refractivity contribution in [2.75, 3.05) is 34.4 Å². The number of sulfonamides is 1. The number of aromatic nitrogens is 2. The Morgan fingerprint density at radius 3 is 2.64 bits per heavy atom. The zero-order valence-corrected chi connectivity index (χ0v) is 16.8. The number of hydrogen-bond acceptors (Lipinski definition) is 8. The van der Waals surface area contributed by atoms with Gasteiger partial charge in [-0.05, 0) is 25.0 Å². The van der Waals surface area contributed by atoms with Gasteiger partial charge in [-0.3, -0.25) is 0 Å². The molecule has 9 nitrogen and oxygen atoms in total. The minimum atomic E-state index is -3.75. The molecule has 3 rings (SSSR count). The summed E-state index contributed by atoms with van der Waals surface area (Å²) in [5.74, 6) is 1.11. The monoisotopic (exact) mass is 409 g/mol. The molecule has 2 aromatic rings. The topological polar surface area (TPSA) is 100 Å². The Morgan fingerprint density at radius 2 is 1.93 bits per heavy atom. The molecule has 0 N–H and O–H groups in total. The first-order chi connectivity index (χ1) is 13.5. The Labute approximate surface area is 164 Å². The van der Waals surface area contributed by atoms with E-state index in [0.717, 1.165) is 6.42 Å². The Hall–Kier alpha value is -2.59. The van der Waals surface area contributed by atoms with Crippen molar-refractivity contribution in [1.82, 2.24) is 14.3 Å². The number of hydrogen-bond donors (Lipinski definition) is 0. The summed E-state index contributed by atoms with van der Waals surface area (Å²) < 4.78 is 49.0. The average Bonchev–Trinajstić information content (AvgIpc) is 2.73. The van der Waals surface area contributed by atoms with Crippen LogP contribution in [0.2, 0.25) is 0 Å². The van der Waals surface area contributed by atoms with Crippen LogP contribution in [0.15, 0.2) is 35.4 Å². The molecule has 0 saturated carbocycles. The molecule has 1 aliphatic rings. The molecule has 10 heteroatoms. The average molecular weight is 409 g/mol. The molecule has 1 aromatic heterocycles. The summed E-state index contributed by atoms with van der Waals surface area (Å²) in [7, 11) is 0.657. The van der Waals surface area contributed by atoms with Crippen LogP contribution in [0.4, 0.5) is 0 Å². The van der Waals surface area contributed by atoms with Gasteiger partial charge in [0.15, 0.2) is 0 Å². The van der Waals surface area contributed by atoms with E-state index in [-0.39, 0.29) is 29.3 Å². The van der Waals surface area contributed by atoms with Crippen LogP contribution in [-0.4, -0.2) is 63.2 Å². The lowest BCUT2D eigenvalue weighted by Crippen LogP contribution is -2.44. The minimum Gasteiger partial charge on any atom is -0.497 e. The fourth-order valence-corrected chi connectivity index (χ4v) is 4.65. The largest absolute Gasteiger partial charge is 0.497 e. The van der Waals surface area contributed by atoms with E-state index in [4.69, 9.17) is 18.9 Å². The van der Waals surface area contributed by atoms with Crippen molar-refractivity contribution in [3.05, 3.63) is 30.5 Å². The fraction of sp³-hybridized carbons (Fsp3) is 0.444. The number of methoxy groups -OCH3 is 3. The van der Waals surface area contributed by atoms with Crippen molar-refractivity contribution in [2.24, 2.45) is 0 Å². The number of piperidine rings is 1. The first-order valence-electron chi connectivity index (χ1n) is 8.73. The molecule has 0 aliphatic carbocycles. The third-order valence-corrected chi connectivity index (χ3v) is 6.31. The van der Waals surface area contributed by atoms with Crippen LogP contribution in [0, 0.1) is 0 Å². The predicted octanol–water partition coefficient (Wildman–Crippen LogP) is 1.73. The standard InChI is InChI=1S/C18H23N3O6S/c1-24-13-6-7-16(15(11-13)25-2)28(22,23)21-10-4-5-14(12-21)27-17-8-9-19-18(20-17)26-3/h6-9,11,14H,4-5,10,12H2,1-3H3. The maximum Gasteiger partial charge on any atom is 0.319 e. The normalized spacial score (nSPS) is 17.8. The van der Waals surface area contributed by atoms with E-state index >= 15 is 0 Å². The molecule has 0 spiro atoms. The van der Waals surface area contributed by atoms with Gasteiger partial charge in [0.2, 0.25) is 15.9 Å². The lowest BCUT2D eigenvalue weighted by Gasteiger charge is -2.32. The Kier molecular flexibility index (Phi) is 6.20. The van der Waals surface area contributed by atoms with Crippen LogP contribution in [0.1, 0.15) is 12.8 Å². The van der Waals surface area contributed by atoms with E-state index in [1.807, 2.05) is 0 Å². The Morgan fingerprint density at radius 1 is 1.11 bits per heavy atom. The SMILES string of the molecule is COc1ccc(S(=O)(=O)N2CCCC(Oc3ccnc(OC)n3)C2)c(OC)c1. The fourth-order valence-electron chi connectivity index (χ4n) is 3.01. The van der Waals surface area contributed by atoms with Crippen molar-refractivity contribution >= 4 is 10.0 Å². The van der Waals surface area contributed by atoms with Crippen LogP contribution in [-0.2, 0) is 10.0 Å². The van der Waals surface area contributed by atoms with E-state index < -0.39 is 10.0 Å². The van der Waals surface area contributed by atoms with Crippen LogP contribution in [0.3, 0.4) is 0 Å². The van der Waals surface area contributed by atoms with Gasteiger partial charge in [-0.1, -0.05) is 0 Å². The Bertz CT molecular complexity index is 921. The molecule has 152 valence electrons. The highest BCUT2D eigenvalue weighted by atomic mass is 32.2. The first kappa shape index (κ1) is 20.2. The highest BCUT2D eigenvalue weighted by Crippen LogP contribution is 2.32. The van der Waals surface area contributed by atoms with Crippen molar-refractivity contribution in [2.45, 2.75) is 23.8 Å². The molecule has 1 saturated heterocycles. The highest BCUT2D eigenvalue weighted by Gasteiger charge is 2.33. The molecular formula is C18H23N3O6S. The third-order valence-electron chi connectivity index (χ3n) is 4.41. The van der Waals surface area contributed by atoms with Gasteiger partial charge in [-0.25, -0.2) is 13.4 Å². The van der Waals surface area contributed by atoms with E-state index in [2.05, 4.69) is 9.97 Å². The highest BCUT2D eigenvalue weighted by molar-refractivity contribution is 7.89. The van der Waals surface area contributed by atoms with Crippen molar-refractivity contribution in [3.63, 3.8) is 0 Å². The predicted molar refractivity (Wildman–Crippen MR) is 101 cm³/mol. The summed E-state index contributed by atoms with van der Waals surface area (Å²) in [5.41, 5.74) is 0. The summed E-state index contributed by atoms with van der Waals surface area (Å²) in [6.45, 7) is 0.619. The van der Waals surface area contributed by atoms with Gasteiger partial charge in [0, 0.05) is 24.9 Å². The van der Waals surface area contributed by atoms with E-state index in [1.54, 1.807) is 18.2 Å². The van der Waals surface area contributed by atoms with Gasteiger partial charge in [0.25, 0.3) is 0 Å². The second kappa shape index (κ2) is 8.61. The van der Waals surface area contributed by atoms with Gasteiger partial charge in [-0.2, -0.15) is 9.29 Å². The maximum atomic E-state index is 13.2. The van der Waals surface area contributed by atoms with Gasteiger partial charge in [0.1, 0.15) is 22.5 Å². The van der Waals surface area contributed by atoms with E-state index in [1.165, 1.54) is 37.9 Å². The smallest absolute Gasteiger partial charge is 0.319 e. The zero-order chi connectivity index (χ0) is 20.1. The summed E-state index contributed by atoms with van der Waals surface area (Å²) in [4.78, 5) is 8.15. The second-order valence-corrected chi connectivity index (χ2v) is 8.05. The second-order valence-electron chi connectivity index (χ2n) is 6.14. The van der Waals surface area contributed by atoms with Crippen molar-refractivity contribution in [1.29, 1.82) is 0 Å². The van der Waals surface area contributed by atoms with Crippen LogP contribution in [0.5, 0.6) is 23.4 Å². The van der Waals surface area contributed by atoms with Crippen molar-refractivity contribution < 1.29 is 27.4 Å². The van der Waals surface area contributed by atoms with E-state index in [9.17, 15) is 8.42 Å². The molecule has 1 aromatic carbocycles. The van der Waals surface area contributed by atoms with E-state index in [0.29, 0.717) is 24.6 Å². The molecule has 1 fully saturated rings. The quantitative estimate of drug-likeness (QED) is 0.682. The lowest BCUT2D eigenvalue weighted by atomic mass is 10.1. The summed E-state index contributed by atoms with van der Waals surface area (Å²) >= 11 is 0. The molecule has 2 heterocycles. The first-order valence-corrected chi connectivity index (χ1v) is 10.2. The molecule has 0 bridgehead atoms. The number of nitrogens with zero attached hydrogens (tertiary/aromatic N) is 3. The summed E-state index contributed by atoms with van der Waals surface area (Å²) in [5, 5.41) is 0. The van der Waals surface area contributed by atoms with Gasteiger partial charge in [-0.15, -0.1) is 0 Å². The molecule has 0 amide bonds. The number of benzene rings is 1. The van der Waals surface area contributed by atoms with Crippen molar-refractivity contribution in [3.8, 4) is 23.4 Å². The van der Waals surface area contributed by atoms with Crippen LogP contribution >= 0.6 is 0 Å².